The van der Waals surface area contributed by atoms with Gasteiger partial charge in [-0.25, -0.2) is 13.9 Å². The minimum Gasteiger partial charge on any atom is -0.464 e. The number of carbonyl (C=O) groups is 2. The number of methoxy groups -OCH3 is 1. The van der Waals surface area contributed by atoms with Gasteiger partial charge in [0.05, 0.1) is 25.0 Å². The molecule has 1 aromatic heterocycles. The van der Waals surface area contributed by atoms with E-state index in [2.05, 4.69) is 4.98 Å². The summed E-state index contributed by atoms with van der Waals surface area (Å²) in [5.41, 5.74) is 0.0942. The average Bonchev–Trinajstić information content (AvgIpc) is 3.10. The number of nitrogens with zero attached hydrogens (tertiary/aromatic N) is 3. The summed E-state index contributed by atoms with van der Waals surface area (Å²) in [6.45, 7) is 3.54. The number of carboxylic acid groups (broad SMARTS) is 1. The van der Waals surface area contributed by atoms with Crippen LogP contribution in [0.2, 0.25) is 0 Å². The highest BCUT2D eigenvalue weighted by Crippen LogP contribution is 2.30. The molecule has 3 rings (SSSR count). The molecule has 1 aliphatic heterocycles. The highest BCUT2D eigenvalue weighted by atomic mass is 32.2. The number of benzene rings is 1. The van der Waals surface area contributed by atoms with Gasteiger partial charge in [-0.15, -0.1) is 0 Å². The third-order valence-corrected chi connectivity index (χ3v) is 6.62. The zero-order valence-electron chi connectivity index (χ0n) is 18.8. The molecule has 1 saturated heterocycles. The predicted molar refractivity (Wildman–Crippen MR) is 117 cm³/mol. The van der Waals surface area contributed by atoms with Crippen molar-refractivity contribution in [2.24, 2.45) is 0 Å². The van der Waals surface area contributed by atoms with Gasteiger partial charge in [-0.3, -0.25) is 4.79 Å². The highest BCUT2D eigenvalue weighted by Gasteiger charge is 2.31. The molecule has 0 aliphatic carbocycles. The number of hydrogen-bond acceptors (Lipinski definition) is 8. The zero-order chi connectivity index (χ0) is 25.0. The van der Waals surface area contributed by atoms with E-state index in [4.69, 9.17) is 13.9 Å². The molecule has 2 aromatic rings. The van der Waals surface area contributed by atoms with Crippen molar-refractivity contribution in [3.05, 3.63) is 41.0 Å². The second kappa shape index (κ2) is 10.5. The molecule has 12 nitrogen and oxygen atoms in total. The number of carbonyl (C=O) groups excluding carboxylic acids is 1. The molecule has 2 heterocycles. The Morgan fingerprint density at radius 3 is 2.74 bits per heavy atom. The maximum atomic E-state index is 13.8. The SMILES string of the molecule is COCC1CCN(S(=O)(=O)NC(=O)c2coc(N(C(=O)O)c3cc(C)c(F)cc3C)n2)CCO1. The van der Waals surface area contributed by atoms with E-state index in [0.717, 1.165) is 16.6 Å². The van der Waals surface area contributed by atoms with Gasteiger partial charge in [0.2, 0.25) is 0 Å². The molecule has 1 fully saturated rings. The summed E-state index contributed by atoms with van der Waals surface area (Å²) in [5, 5.41) is 9.66. The van der Waals surface area contributed by atoms with Crippen molar-refractivity contribution in [3.8, 4) is 0 Å². The molecule has 14 heteroatoms. The van der Waals surface area contributed by atoms with Crippen molar-refractivity contribution in [1.29, 1.82) is 0 Å². The van der Waals surface area contributed by atoms with E-state index < -0.39 is 39.7 Å². The molecule has 1 aromatic carbocycles. The molecule has 34 heavy (non-hydrogen) atoms. The minimum absolute atomic E-state index is 0.0306. The number of hydrogen-bond donors (Lipinski definition) is 2. The summed E-state index contributed by atoms with van der Waals surface area (Å²) in [5.74, 6) is -1.62. The van der Waals surface area contributed by atoms with Crippen LogP contribution in [-0.4, -0.2) is 74.3 Å². The number of ether oxygens (including phenoxy) is 2. The van der Waals surface area contributed by atoms with Crippen LogP contribution in [0.4, 0.5) is 20.9 Å². The number of oxazole rings is 1. The molecule has 0 bridgehead atoms. The number of aromatic nitrogens is 1. The molecular formula is C20H25FN4O8S. The molecule has 0 radical (unpaired) electrons. The van der Waals surface area contributed by atoms with E-state index in [9.17, 15) is 27.5 Å². The van der Waals surface area contributed by atoms with Gasteiger partial charge < -0.3 is 19.0 Å². The number of anilines is 2. The maximum Gasteiger partial charge on any atom is 0.420 e. The maximum absolute atomic E-state index is 13.8. The molecule has 1 atom stereocenters. The Hall–Kier alpha value is -3.07. The van der Waals surface area contributed by atoms with Crippen molar-refractivity contribution in [1.82, 2.24) is 14.0 Å². The summed E-state index contributed by atoms with van der Waals surface area (Å²) in [4.78, 5) is 28.9. The van der Waals surface area contributed by atoms with Crippen molar-refractivity contribution in [2.75, 3.05) is 38.3 Å². The molecule has 0 spiro atoms. The Morgan fingerprint density at radius 1 is 1.32 bits per heavy atom. The lowest BCUT2D eigenvalue weighted by atomic mass is 10.1. The fourth-order valence-corrected chi connectivity index (χ4v) is 4.49. The van der Waals surface area contributed by atoms with Crippen LogP contribution in [0.5, 0.6) is 0 Å². The lowest BCUT2D eigenvalue weighted by Crippen LogP contribution is -2.44. The third kappa shape index (κ3) is 5.70. The first-order valence-corrected chi connectivity index (χ1v) is 11.7. The number of aryl methyl sites for hydroxylation is 2. The molecule has 0 saturated carbocycles. The van der Waals surface area contributed by atoms with E-state index in [1.807, 2.05) is 4.72 Å². The molecule has 1 aliphatic rings. The van der Waals surface area contributed by atoms with Crippen LogP contribution in [0.3, 0.4) is 0 Å². The standard InChI is InChI=1S/C20H25FN4O8S/c1-12-9-17(13(2)8-15(12)21)25(20(27)28)19-22-16(11-33-19)18(26)23-34(29,30)24-5-4-14(10-31-3)32-7-6-24/h8-9,11,14H,4-7,10H2,1-3H3,(H,23,26)(H,27,28). The zero-order valence-corrected chi connectivity index (χ0v) is 19.6. The quantitative estimate of drug-likeness (QED) is 0.581. The largest absolute Gasteiger partial charge is 0.464 e. The van der Waals surface area contributed by atoms with Crippen LogP contribution in [0.25, 0.3) is 0 Å². The van der Waals surface area contributed by atoms with E-state index in [-0.39, 0.29) is 42.6 Å². The van der Waals surface area contributed by atoms with Crippen molar-refractivity contribution in [3.63, 3.8) is 0 Å². The normalized spacial score (nSPS) is 17.2. The molecule has 2 N–H and O–H groups in total. The van der Waals surface area contributed by atoms with Crippen LogP contribution >= 0.6 is 0 Å². The number of nitrogens with one attached hydrogen (secondary N) is 1. The second-order valence-electron chi connectivity index (χ2n) is 7.59. The monoisotopic (exact) mass is 500 g/mol. The van der Waals surface area contributed by atoms with Crippen molar-refractivity contribution >= 4 is 33.9 Å². The van der Waals surface area contributed by atoms with Crippen molar-refractivity contribution < 1.29 is 41.4 Å². The number of amides is 2. The van der Waals surface area contributed by atoms with Gasteiger partial charge in [0.25, 0.3) is 5.91 Å². The van der Waals surface area contributed by atoms with Gasteiger partial charge in [-0.1, -0.05) is 0 Å². The Balaban J connectivity index is 1.78. The summed E-state index contributed by atoms with van der Waals surface area (Å²) in [7, 11) is -2.72. The van der Waals surface area contributed by atoms with E-state index in [0.29, 0.717) is 17.9 Å². The van der Waals surface area contributed by atoms with Crippen LogP contribution in [0, 0.1) is 19.7 Å². The molecule has 1 unspecified atom stereocenters. The van der Waals surface area contributed by atoms with Gasteiger partial charge in [-0.05, 0) is 43.5 Å². The van der Waals surface area contributed by atoms with Gasteiger partial charge in [0.15, 0.2) is 5.69 Å². The minimum atomic E-state index is -4.23. The predicted octanol–water partition coefficient (Wildman–Crippen LogP) is 1.96. The van der Waals surface area contributed by atoms with Gasteiger partial charge in [0.1, 0.15) is 12.1 Å². The number of halogens is 1. The van der Waals surface area contributed by atoms with Crippen LogP contribution in [0.1, 0.15) is 28.0 Å². The molecule has 2 amide bonds. The molecular weight excluding hydrogens is 475 g/mol. The first-order valence-electron chi connectivity index (χ1n) is 10.2. The van der Waals surface area contributed by atoms with Gasteiger partial charge in [-0.2, -0.15) is 22.6 Å². The van der Waals surface area contributed by atoms with E-state index in [1.54, 1.807) is 0 Å². The first kappa shape index (κ1) is 25.6. The van der Waals surface area contributed by atoms with Crippen LogP contribution in [-0.2, 0) is 19.7 Å². The fraction of sp³-hybridized carbons (Fsp3) is 0.450. The Labute approximate surface area is 195 Å². The van der Waals surface area contributed by atoms with Crippen LogP contribution in [0.15, 0.2) is 22.8 Å². The third-order valence-electron chi connectivity index (χ3n) is 5.13. The summed E-state index contributed by atoms with van der Waals surface area (Å²) < 4.78 is 57.8. The number of rotatable bonds is 7. The van der Waals surface area contributed by atoms with Crippen LogP contribution < -0.4 is 9.62 Å². The first-order chi connectivity index (χ1) is 16.0. The summed E-state index contributed by atoms with van der Waals surface area (Å²) >= 11 is 0. The Morgan fingerprint density at radius 2 is 2.06 bits per heavy atom. The Kier molecular flexibility index (Phi) is 7.86. The summed E-state index contributed by atoms with van der Waals surface area (Å²) in [6.07, 6.45) is -0.548. The smallest absolute Gasteiger partial charge is 0.420 e. The van der Waals surface area contributed by atoms with Gasteiger partial charge in [0, 0.05) is 20.2 Å². The lowest BCUT2D eigenvalue weighted by molar-refractivity contribution is 0.00560. The molecule has 186 valence electrons. The topological polar surface area (TPSA) is 152 Å². The average molecular weight is 501 g/mol. The van der Waals surface area contributed by atoms with E-state index in [1.165, 1.54) is 27.0 Å². The van der Waals surface area contributed by atoms with Gasteiger partial charge >= 0.3 is 22.3 Å². The highest BCUT2D eigenvalue weighted by molar-refractivity contribution is 7.87. The second-order valence-corrected chi connectivity index (χ2v) is 9.26. The van der Waals surface area contributed by atoms with Crippen molar-refractivity contribution in [2.45, 2.75) is 26.4 Å². The lowest BCUT2D eigenvalue weighted by Gasteiger charge is -2.19. The van der Waals surface area contributed by atoms with E-state index >= 15 is 0 Å². The summed E-state index contributed by atoms with van der Waals surface area (Å²) in [6, 6.07) is 1.95. The fourth-order valence-electron chi connectivity index (χ4n) is 3.36. The Bertz CT molecular complexity index is 1170.